The number of hydrogen-bond acceptors (Lipinski definition) is 6. The molecule has 1 fully saturated rings. The van der Waals surface area contributed by atoms with Crippen molar-refractivity contribution in [3.63, 3.8) is 0 Å². The minimum Gasteiger partial charge on any atom is -0.393 e. The lowest BCUT2D eigenvalue weighted by Crippen LogP contribution is -2.36. The second-order valence-electron chi connectivity index (χ2n) is 7.85. The molecule has 1 aromatic carbocycles. The number of aromatic nitrogens is 5. The van der Waals surface area contributed by atoms with Gasteiger partial charge in [0.2, 0.25) is 0 Å². The zero-order valence-electron chi connectivity index (χ0n) is 17.1. The molecule has 9 heteroatoms. The van der Waals surface area contributed by atoms with E-state index in [2.05, 4.69) is 35.4 Å². The number of aromatic amines is 2. The highest BCUT2D eigenvalue weighted by Crippen LogP contribution is 2.22. The van der Waals surface area contributed by atoms with Crippen LogP contribution in [0.25, 0.3) is 22.6 Å². The van der Waals surface area contributed by atoms with Gasteiger partial charge in [0.1, 0.15) is 11.5 Å². The van der Waals surface area contributed by atoms with Crippen LogP contribution < -0.4 is 10.2 Å². The molecule has 0 aliphatic carbocycles. The fraction of sp³-hybridized carbons (Fsp3) is 0.273. The van der Waals surface area contributed by atoms with Crippen LogP contribution in [-0.4, -0.2) is 55.4 Å². The molecular weight excluding hydrogens is 394 g/mol. The SMILES string of the molecule is Cc1ccc2[nH]c(-c3cc(NC(=O)c4ccc(N5CCC(O)CC5)nc4)n[nH]3)nc2c1. The van der Waals surface area contributed by atoms with Crippen molar-refractivity contribution in [3.05, 3.63) is 53.7 Å². The molecule has 31 heavy (non-hydrogen) atoms. The molecule has 5 rings (SSSR count). The van der Waals surface area contributed by atoms with Gasteiger partial charge in [0.05, 0.1) is 22.7 Å². The second-order valence-corrected chi connectivity index (χ2v) is 7.85. The number of amides is 1. The van der Waals surface area contributed by atoms with Crippen molar-refractivity contribution in [1.82, 2.24) is 25.1 Å². The molecule has 3 aromatic heterocycles. The van der Waals surface area contributed by atoms with Gasteiger partial charge in [-0.05, 0) is 49.6 Å². The van der Waals surface area contributed by atoms with Gasteiger partial charge < -0.3 is 20.3 Å². The van der Waals surface area contributed by atoms with Crippen LogP contribution in [0.15, 0.2) is 42.6 Å². The monoisotopic (exact) mass is 417 g/mol. The number of benzene rings is 1. The third-order valence-electron chi connectivity index (χ3n) is 5.51. The molecule has 9 nitrogen and oxygen atoms in total. The van der Waals surface area contributed by atoms with Gasteiger partial charge in [0.25, 0.3) is 5.91 Å². The van der Waals surface area contributed by atoms with Gasteiger partial charge in [-0.3, -0.25) is 9.89 Å². The fourth-order valence-corrected chi connectivity index (χ4v) is 3.74. The smallest absolute Gasteiger partial charge is 0.258 e. The maximum atomic E-state index is 12.6. The van der Waals surface area contributed by atoms with E-state index in [1.807, 2.05) is 31.2 Å². The number of imidazole rings is 1. The summed E-state index contributed by atoms with van der Waals surface area (Å²) in [5, 5.41) is 19.5. The zero-order chi connectivity index (χ0) is 21.4. The van der Waals surface area contributed by atoms with Crippen LogP contribution in [-0.2, 0) is 0 Å². The Morgan fingerprint density at radius 3 is 2.81 bits per heavy atom. The first kappa shape index (κ1) is 19.3. The number of piperidine rings is 1. The Labute approximate surface area is 178 Å². The normalized spacial score (nSPS) is 14.8. The Hall–Kier alpha value is -3.72. The summed E-state index contributed by atoms with van der Waals surface area (Å²) in [7, 11) is 0. The highest BCUT2D eigenvalue weighted by atomic mass is 16.3. The predicted octanol–water partition coefficient (Wildman–Crippen LogP) is 2.87. The Morgan fingerprint density at radius 2 is 2.03 bits per heavy atom. The Kier molecular flexibility index (Phi) is 4.87. The van der Waals surface area contributed by atoms with Gasteiger partial charge in [-0.1, -0.05) is 6.07 Å². The Balaban J connectivity index is 1.27. The highest BCUT2D eigenvalue weighted by Gasteiger charge is 2.18. The average Bonchev–Trinajstić information content (AvgIpc) is 3.41. The number of pyridine rings is 1. The molecular formula is C22H23N7O2. The molecule has 1 aliphatic rings. The number of fused-ring (bicyclic) bond motifs is 1. The Bertz CT molecular complexity index is 1220. The topological polar surface area (TPSA) is 123 Å². The van der Waals surface area contributed by atoms with E-state index in [1.165, 1.54) is 0 Å². The molecule has 1 saturated heterocycles. The lowest BCUT2D eigenvalue weighted by molar-refractivity contribution is 0.102. The Morgan fingerprint density at radius 1 is 1.19 bits per heavy atom. The van der Waals surface area contributed by atoms with Gasteiger partial charge in [-0.15, -0.1) is 0 Å². The van der Waals surface area contributed by atoms with Crippen molar-refractivity contribution >= 4 is 28.6 Å². The largest absolute Gasteiger partial charge is 0.393 e. The number of aliphatic hydroxyl groups is 1. The van der Waals surface area contributed by atoms with Gasteiger partial charge >= 0.3 is 0 Å². The maximum absolute atomic E-state index is 12.6. The number of carbonyl (C=O) groups excluding carboxylic acids is 1. The van der Waals surface area contributed by atoms with Crippen LogP contribution in [0, 0.1) is 6.92 Å². The van der Waals surface area contributed by atoms with Crippen LogP contribution in [0.4, 0.5) is 11.6 Å². The van der Waals surface area contributed by atoms with Crippen molar-refractivity contribution in [2.24, 2.45) is 0 Å². The number of anilines is 2. The lowest BCUT2D eigenvalue weighted by Gasteiger charge is -2.30. The van der Waals surface area contributed by atoms with Gasteiger partial charge in [0.15, 0.2) is 11.6 Å². The predicted molar refractivity (Wildman–Crippen MR) is 118 cm³/mol. The molecule has 4 heterocycles. The van der Waals surface area contributed by atoms with E-state index >= 15 is 0 Å². The van der Waals surface area contributed by atoms with Crippen molar-refractivity contribution in [2.75, 3.05) is 23.3 Å². The number of rotatable bonds is 4. The van der Waals surface area contributed by atoms with Crippen LogP contribution in [0.5, 0.6) is 0 Å². The third-order valence-corrected chi connectivity index (χ3v) is 5.51. The maximum Gasteiger partial charge on any atom is 0.258 e. The summed E-state index contributed by atoms with van der Waals surface area (Å²) in [6, 6.07) is 11.3. The van der Waals surface area contributed by atoms with Crippen LogP contribution in [0.2, 0.25) is 0 Å². The number of H-pyrrole nitrogens is 2. The molecule has 4 N–H and O–H groups in total. The molecule has 0 unspecified atom stereocenters. The van der Waals surface area contributed by atoms with E-state index in [0.717, 1.165) is 48.3 Å². The number of carbonyl (C=O) groups is 1. The first-order valence-electron chi connectivity index (χ1n) is 10.3. The minimum atomic E-state index is -0.286. The summed E-state index contributed by atoms with van der Waals surface area (Å²) >= 11 is 0. The summed E-state index contributed by atoms with van der Waals surface area (Å²) in [6.45, 7) is 3.55. The van der Waals surface area contributed by atoms with Crippen LogP contribution in [0.3, 0.4) is 0 Å². The molecule has 1 aliphatic heterocycles. The average molecular weight is 417 g/mol. The molecule has 158 valence electrons. The van der Waals surface area contributed by atoms with E-state index in [0.29, 0.717) is 22.9 Å². The first-order chi connectivity index (χ1) is 15.0. The van der Waals surface area contributed by atoms with Crippen LogP contribution in [0.1, 0.15) is 28.8 Å². The standard InChI is InChI=1S/C22H23N7O2/c1-13-2-4-16-17(10-13)25-21(24-16)18-11-19(28-27-18)26-22(31)14-3-5-20(23-12-14)29-8-6-15(30)7-9-29/h2-5,10-12,15,30H,6-9H2,1H3,(H,24,25)(H2,26,27,28,31). The summed E-state index contributed by atoms with van der Waals surface area (Å²) in [6.07, 6.45) is 2.79. The van der Waals surface area contributed by atoms with Gasteiger partial charge in [-0.25, -0.2) is 9.97 Å². The first-order valence-corrected chi connectivity index (χ1v) is 10.3. The van der Waals surface area contributed by atoms with Gasteiger partial charge in [-0.2, -0.15) is 5.10 Å². The molecule has 0 spiro atoms. The van der Waals surface area contributed by atoms with Crippen LogP contribution >= 0.6 is 0 Å². The molecule has 4 aromatic rings. The van der Waals surface area contributed by atoms with E-state index in [1.54, 1.807) is 18.3 Å². The number of nitrogens with one attached hydrogen (secondary N) is 3. The highest BCUT2D eigenvalue weighted by molar-refractivity contribution is 6.03. The summed E-state index contributed by atoms with van der Waals surface area (Å²) in [4.78, 5) is 27.0. The van der Waals surface area contributed by atoms with Crippen molar-refractivity contribution in [2.45, 2.75) is 25.9 Å². The zero-order valence-corrected chi connectivity index (χ0v) is 17.1. The minimum absolute atomic E-state index is 0.233. The molecule has 0 bridgehead atoms. The van der Waals surface area contributed by atoms with Crippen molar-refractivity contribution in [3.8, 4) is 11.5 Å². The number of hydrogen-bond donors (Lipinski definition) is 4. The van der Waals surface area contributed by atoms with Crippen molar-refractivity contribution < 1.29 is 9.90 Å². The quantitative estimate of drug-likeness (QED) is 0.405. The molecule has 1 amide bonds. The third kappa shape index (κ3) is 3.99. The number of aryl methyl sites for hydroxylation is 1. The second kappa shape index (κ2) is 7.84. The van der Waals surface area contributed by atoms with Gasteiger partial charge in [0, 0.05) is 25.4 Å². The lowest BCUT2D eigenvalue weighted by atomic mass is 10.1. The number of nitrogens with zero attached hydrogens (tertiary/aromatic N) is 4. The van der Waals surface area contributed by atoms with E-state index in [9.17, 15) is 9.90 Å². The summed E-state index contributed by atoms with van der Waals surface area (Å²) in [5.41, 5.74) is 4.09. The summed E-state index contributed by atoms with van der Waals surface area (Å²) in [5.74, 6) is 1.59. The molecule has 0 atom stereocenters. The van der Waals surface area contributed by atoms with Crippen molar-refractivity contribution in [1.29, 1.82) is 0 Å². The van der Waals surface area contributed by atoms with E-state index in [-0.39, 0.29) is 12.0 Å². The fourth-order valence-electron chi connectivity index (χ4n) is 3.74. The molecule has 0 saturated carbocycles. The number of aliphatic hydroxyl groups excluding tert-OH is 1. The van der Waals surface area contributed by atoms with E-state index < -0.39 is 0 Å². The summed E-state index contributed by atoms with van der Waals surface area (Å²) < 4.78 is 0. The van der Waals surface area contributed by atoms with E-state index in [4.69, 9.17) is 0 Å². The molecule has 0 radical (unpaired) electrons.